The quantitative estimate of drug-likeness (QED) is 0.924. The molecule has 1 unspecified atom stereocenters. The second-order valence-electron chi connectivity index (χ2n) is 4.83. The third kappa shape index (κ3) is 3.54. The Morgan fingerprint density at radius 2 is 2.12 bits per heavy atom. The summed E-state index contributed by atoms with van der Waals surface area (Å²) >= 11 is 3.51. The van der Waals surface area contributed by atoms with Crippen molar-refractivity contribution in [1.82, 2.24) is 0 Å². The number of ether oxygens (including phenoxy) is 1. The lowest BCUT2D eigenvalue weighted by Gasteiger charge is -2.25. The molecule has 0 amide bonds. The minimum Gasteiger partial charge on any atom is -0.388 e. The van der Waals surface area contributed by atoms with Gasteiger partial charge in [0.05, 0.1) is 6.10 Å². The molecule has 1 fully saturated rings. The number of hydrogen-bond donors (Lipinski definition) is 1. The van der Waals surface area contributed by atoms with Gasteiger partial charge in [0.2, 0.25) is 0 Å². The van der Waals surface area contributed by atoms with E-state index in [1.54, 1.807) is 0 Å². The topological polar surface area (TPSA) is 29.5 Å². The van der Waals surface area contributed by atoms with Crippen LogP contribution in [-0.4, -0.2) is 18.3 Å². The molecule has 17 heavy (non-hydrogen) atoms. The van der Waals surface area contributed by atoms with E-state index in [-0.39, 0.29) is 6.10 Å². The van der Waals surface area contributed by atoms with Gasteiger partial charge in [0.15, 0.2) is 0 Å². The lowest BCUT2D eigenvalue weighted by molar-refractivity contribution is 0.0434. The molecule has 1 aliphatic heterocycles. The van der Waals surface area contributed by atoms with E-state index in [1.807, 2.05) is 6.07 Å². The molecule has 1 aromatic rings. The van der Waals surface area contributed by atoms with E-state index in [0.717, 1.165) is 42.5 Å². The van der Waals surface area contributed by atoms with Crippen molar-refractivity contribution >= 4 is 15.9 Å². The zero-order chi connectivity index (χ0) is 12.3. The van der Waals surface area contributed by atoms with Crippen LogP contribution in [0.3, 0.4) is 0 Å². The molecule has 2 nitrogen and oxygen atoms in total. The summed E-state index contributed by atoms with van der Waals surface area (Å²) in [5, 5.41) is 10.3. The Balaban J connectivity index is 2.02. The largest absolute Gasteiger partial charge is 0.388 e. The highest BCUT2D eigenvalue weighted by molar-refractivity contribution is 9.10. The Hall–Kier alpha value is -0.380. The maximum Gasteiger partial charge on any atom is 0.0803 e. The van der Waals surface area contributed by atoms with Gasteiger partial charge < -0.3 is 9.84 Å². The van der Waals surface area contributed by atoms with Gasteiger partial charge in [-0.2, -0.15) is 0 Å². The standard InChI is InChI=1S/C14H19BrO2/c1-10-2-3-13(15)12(8-10)14(16)9-11-4-6-17-7-5-11/h2-3,8,11,14,16H,4-7,9H2,1H3. The minimum atomic E-state index is -0.368. The Labute approximate surface area is 111 Å². The minimum absolute atomic E-state index is 0.368. The van der Waals surface area contributed by atoms with Crippen molar-refractivity contribution in [2.24, 2.45) is 5.92 Å². The van der Waals surface area contributed by atoms with Crippen LogP contribution in [0.4, 0.5) is 0 Å². The summed E-state index contributed by atoms with van der Waals surface area (Å²) in [4.78, 5) is 0. The monoisotopic (exact) mass is 298 g/mol. The van der Waals surface area contributed by atoms with Crippen molar-refractivity contribution in [2.75, 3.05) is 13.2 Å². The molecule has 2 rings (SSSR count). The maximum absolute atomic E-state index is 10.3. The van der Waals surface area contributed by atoms with Gasteiger partial charge in [-0.1, -0.05) is 33.6 Å². The summed E-state index contributed by atoms with van der Waals surface area (Å²) in [7, 11) is 0. The Morgan fingerprint density at radius 3 is 2.82 bits per heavy atom. The molecule has 3 heteroatoms. The average Bonchev–Trinajstić information content (AvgIpc) is 2.33. The second-order valence-corrected chi connectivity index (χ2v) is 5.69. The average molecular weight is 299 g/mol. The number of halogens is 1. The predicted octanol–water partition coefficient (Wildman–Crippen LogP) is 3.61. The first kappa shape index (κ1) is 13.1. The fourth-order valence-electron chi connectivity index (χ4n) is 2.34. The van der Waals surface area contributed by atoms with Gasteiger partial charge in [0.1, 0.15) is 0 Å². The fourth-order valence-corrected chi connectivity index (χ4v) is 2.85. The van der Waals surface area contributed by atoms with Gasteiger partial charge in [-0.25, -0.2) is 0 Å². The summed E-state index contributed by atoms with van der Waals surface area (Å²) in [6, 6.07) is 6.13. The first-order chi connectivity index (χ1) is 8.16. The van der Waals surface area contributed by atoms with Crippen LogP contribution in [0.1, 0.15) is 36.5 Å². The van der Waals surface area contributed by atoms with Crippen LogP contribution in [0.25, 0.3) is 0 Å². The first-order valence-electron chi connectivity index (χ1n) is 6.18. The number of aliphatic hydroxyl groups is 1. The van der Waals surface area contributed by atoms with Crippen LogP contribution in [-0.2, 0) is 4.74 Å². The summed E-state index contributed by atoms with van der Waals surface area (Å²) < 4.78 is 6.34. The number of benzene rings is 1. The summed E-state index contributed by atoms with van der Waals surface area (Å²) in [6.45, 7) is 3.73. The Morgan fingerprint density at radius 1 is 1.41 bits per heavy atom. The lowest BCUT2D eigenvalue weighted by Crippen LogP contribution is -2.18. The molecule has 94 valence electrons. The molecule has 1 N–H and O–H groups in total. The smallest absolute Gasteiger partial charge is 0.0803 e. The molecule has 1 aliphatic rings. The van der Waals surface area contributed by atoms with Gasteiger partial charge in [0, 0.05) is 17.7 Å². The van der Waals surface area contributed by atoms with Crippen molar-refractivity contribution in [2.45, 2.75) is 32.3 Å². The van der Waals surface area contributed by atoms with Crippen LogP contribution in [0.5, 0.6) is 0 Å². The van der Waals surface area contributed by atoms with Crippen LogP contribution in [0.15, 0.2) is 22.7 Å². The summed E-state index contributed by atoms with van der Waals surface area (Å²) in [5.74, 6) is 0.589. The Kier molecular flexibility index (Phi) is 4.60. The van der Waals surface area contributed by atoms with Crippen molar-refractivity contribution in [3.05, 3.63) is 33.8 Å². The molecule has 0 aromatic heterocycles. The molecule has 0 saturated carbocycles. The number of aliphatic hydroxyl groups excluding tert-OH is 1. The molecule has 0 bridgehead atoms. The van der Waals surface area contributed by atoms with Crippen molar-refractivity contribution in [3.63, 3.8) is 0 Å². The summed E-state index contributed by atoms with van der Waals surface area (Å²) in [6.07, 6.45) is 2.61. The number of hydrogen-bond acceptors (Lipinski definition) is 2. The van der Waals surface area contributed by atoms with Crippen LogP contribution >= 0.6 is 15.9 Å². The SMILES string of the molecule is Cc1ccc(Br)c(C(O)CC2CCOCC2)c1. The van der Waals surface area contributed by atoms with Crippen molar-refractivity contribution in [3.8, 4) is 0 Å². The molecule has 0 aliphatic carbocycles. The fraction of sp³-hybridized carbons (Fsp3) is 0.571. The normalized spacial score (nSPS) is 19.2. The van der Waals surface area contributed by atoms with Gasteiger partial charge >= 0.3 is 0 Å². The first-order valence-corrected chi connectivity index (χ1v) is 6.98. The van der Waals surface area contributed by atoms with Crippen molar-refractivity contribution in [1.29, 1.82) is 0 Å². The van der Waals surface area contributed by atoms with E-state index in [1.165, 1.54) is 5.56 Å². The van der Waals surface area contributed by atoms with Crippen LogP contribution in [0.2, 0.25) is 0 Å². The zero-order valence-electron chi connectivity index (χ0n) is 10.2. The number of aryl methyl sites for hydroxylation is 1. The van der Waals surface area contributed by atoms with E-state index in [4.69, 9.17) is 4.74 Å². The second kappa shape index (κ2) is 5.98. The number of rotatable bonds is 3. The van der Waals surface area contributed by atoms with Gasteiger partial charge in [-0.3, -0.25) is 0 Å². The molecule has 1 saturated heterocycles. The maximum atomic E-state index is 10.3. The van der Waals surface area contributed by atoms with Gasteiger partial charge in [-0.05, 0) is 43.7 Å². The highest BCUT2D eigenvalue weighted by atomic mass is 79.9. The van der Waals surface area contributed by atoms with E-state index >= 15 is 0 Å². The van der Waals surface area contributed by atoms with Gasteiger partial charge in [-0.15, -0.1) is 0 Å². The highest BCUT2D eigenvalue weighted by Crippen LogP contribution is 2.31. The summed E-state index contributed by atoms with van der Waals surface area (Å²) in [5.41, 5.74) is 2.20. The molecule has 1 atom stereocenters. The highest BCUT2D eigenvalue weighted by Gasteiger charge is 2.20. The lowest BCUT2D eigenvalue weighted by atomic mass is 9.90. The van der Waals surface area contributed by atoms with E-state index in [9.17, 15) is 5.11 Å². The molecule has 0 radical (unpaired) electrons. The van der Waals surface area contributed by atoms with E-state index in [2.05, 4.69) is 35.0 Å². The van der Waals surface area contributed by atoms with Gasteiger partial charge in [0.25, 0.3) is 0 Å². The van der Waals surface area contributed by atoms with E-state index in [0.29, 0.717) is 5.92 Å². The van der Waals surface area contributed by atoms with E-state index < -0.39 is 0 Å². The van der Waals surface area contributed by atoms with Crippen molar-refractivity contribution < 1.29 is 9.84 Å². The molecule has 1 aromatic carbocycles. The zero-order valence-corrected chi connectivity index (χ0v) is 11.7. The molecule has 0 spiro atoms. The Bertz CT molecular complexity index is 372. The third-order valence-electron chi connectivity index (χ3n) is 3.41. The van der Waals surface area contributed by atoms with Crippen LogP contribution < -0.4 is 0 Å². The molecular formula is C14H19BrO2. The third-order valence-corrected chi connectivity index (χ3v) is 4.13. The molecule has 1 heterocycles. The molecular weight excluding hydrogens is 280 g/mol. The predicted molar refractivity (Wildman–Crippen MR) is 72.0 cm³/mol. The van der Waals surface area contributed by atoms with Crippen LogP contribution in [0, 0.1) is 12.8 Å².